The van der Waals surface area contributed by atoms with Crippen LogP contribution in [0.1, 0.15) is 12.5 Å². The second-order valence-electron chi connectivity index (χ2n) is 4.53. The second-order valence-corrected chi connectivity index (χ2v) is 4.53. The van der Waals surface area contributed by atoms with Crippen LogP contribution in [-0.2, 0) is 9.53 Å². The molecule has 2 unspecified atom stereocenters. The fourth-order valence-corrected chi connectivity index (χ4v) is 2.41. The van der Waals surface area contributed by atoms with E-state index in [-0.39, 0.29) is 23.7 Å². The van der Waals surface area contributed by atoms with Crippen molar-refractivity contribution in [3.8, 4) is 0 Å². The molecule has 0 radical (unpaired) electrons. The van der Waals surface area contributed by atoms with Gasteiger partial charge in [-0.25, -0.2) is 15.0 Å². The summed E-state index contributed by atoms with van der Waals surface area (Å²) >= 11 is 0. The van der Waals surface area contributed by atoms with Crippen molar-refractivity contribution in [2.75, 3.05) is 7.11 Å². The molecule has 0 saturated heterocycles. The van der Waals surface area contributed by atoms with Gasteiger partial charge >= 0.3 is 5.97 Å². The molecule has 2 atom stereocenters. The number of azide groups is 1. The van der Waals surface area contributed by atoms with E-state index in [0.29, 0.717) is 17.6 Å². The van der Waals surface area contributed by atoms with Crippen molar-refractivity contribution in [1.82, 2.24) is 19.5 Å². The van der Waals surface area contributed by atoms with Gasteiger partial charge in [0.2, 0.25) is 0 Å². The molecule has 2 aromatic rings. The Labute approximate surface area is 118 Å². The minimum absolute atomic E-state index is 0.0482. The van der Waals surface area contributed by atoms with Crippen LogP contribution in [0.15, 0.2) is 29.9 Å². The molecule has 0 spiro atoms. The third-order valence-electron chi connectivity index (χ3n) is 3.40. The van der Waals surface area contributed by atoms with Gasteiger partial charge in [0.05, 0.1) is 25.4 Å². The lowest BCUT2D eigenvalue weighted by Gasteiger charge is -2.12. The maximum Gasteiger partial charge on any atom is 0.312 e. The number of carbonyl (C=O) groups is 1. The van der Waals surface area contributed by atoms with Gasteiger partial charge in [-0.1, -0.05) is 12.2 Å². The van der Waals surface area contributed by atoms with Gasteiger partial charge in [-0.2, -0.15) is 0 Å². The summed E-state index contributed by atoms with van der Waals surface area (Å²) < 4.78 is 6.57. The van der Waals surface area contributed by atoms with Crippen molar-refractivity contribution in [1.29, 1.82) is 0 Å². The maximum atomic E-state index is 11.6. The lowest BCUT2D eigenvalue weighted by molar-refractivity contribution is -0.143. The summed E-state index contributed by atoms with van der Waals surface area (Å²) in [5, 5.41) is 3.49. The molecule has 106 valence electrons. The number of aromatic nitrogens is 4. The molecule has 1 aliphatic rings. The number of methoxy groups -OCH3 is 1. The Morgan fingerprint density at radius 1 is 1.48 bits per heavy atom. The highest BCUT2D eigenvalue weighted by molar-refractivity contribution is 5.81. The third-order valence-corrected chi connectivity index (χ3v) is 3.40. The molecule has 0 aliphatic heterocycles. The van der Waals surface area contributed by atoms with Gasteiger partial charge in [-0.3, -0.25) is 4.79 Å². The smallest absolute Gasteiger partial charge is 0.312 e. The van der Waals surface area contributed by atoms with Gasteiger partial charge < -0.3 is 9.30 Å². The minimum Gasteiger partial charge on any atom is -0.469 e. The van der Waals surface area contributed by atoms with Crippen molar-refractivity contribution in [3.05, 3.63) is 35.2 Å². The number of hydrogen-bond acceptors (Lipinski definition) is 6. The van der Waals surface area contributed by atoms with E-state index < -0.39 is 0 Å². The number of rotatable bonds is 3. The summed E-state index contributed by atoms with van der Waals surface area (Å²) in [4.78, 5) is 26.5. The van der Waals surface area contributed by atoms with Crippen molar-refractivity contribution < 1.29 is 9.53 Å². The molecule has 0 fully saturated rings. The number of hydrogen-bond donors (Lipinski definition) is 0. The molecule has 0 amide bonds. The predicted molar refractivity (Wildman–Crippen MR) is 72.4 cm³/mol. The highest BCUT2D eigenvalue weighted by Crippen LogP contribution is 2.31. The van der Waals surface area contributed by atoms with Gasteiger partial charge in [0, 0.05) is 4.91 Å². The van der Waals surface area contributed by atoms with E-state index in [0.717, 1.165) is 0 Å². The number of allylic oxidation sites excluding steroid dienone is 1. The van der Waals surface area contributed by atoms with Gasteiger partial charge in [0.25, 0.3) is 0 Å². The first-order valence-corrected chi connectivity index (χ1v) is 6.23. The first-order valence-electron chi connectivity index (χ1n) is 6.23. The molecule has 21 heavy (non-hydrogen) atoms. The van der Waals surface area contributed by atoms with Crippen molar-refractivity contribution in [3.63, 3.8) is 0 Å². The quantitative estimate of drug-likeness (QED) is 0.281. The zero-order chi connectivity index (χ0) is 14.8. The van der Waals surface area contributed by atoms with Crippen molar-refractivity contribution in [2.45, 2.75) is 12.5 Å². The predicted octanol–water partition coefficient (Wildman–Crippen LogP) is 2.06. The van der Waals surface area contributed by atoms with Crippen molar-refractivity contribution >= 4 is 23.0 Å². The minimum atomic E-state index is -0.268. The van der Waals surface area contributed by atoms with Gasteiger partial charge in [0.15, 0.2) is 11.5 Å². The second kappa shape index (κ2) is 5.22. The van der Waals surface area contributed by atoms with E-state index in [4.69, 9.17) is 10.3 Å². The Hall–Kier alpha value is -2.93. The molecule has 3 rings (SSSR count). The Morgan fingerprint density at radius 3 is 3.10 bits per heavy atom. The largest absolute Gasteiger partial charge is 0.469 e. The Bertz CT molecular complexity index is 775. The summed E-state index contributed by atoms with van der Waals surface area (Å²) in [5.74, 6) is -0.341. The zero-order valence-electron chi connectivity index (χ0n) is 11.1. The van der Waals surface area contributed by atoms with Crippen LogP contribution < -0.4 is 0 Å². The molecule has 9 heteroatoms. The first-order chi connectivity index (χ1) is 10.2. The molecular weight excluding hydrogens is 274 g/mol. The van der Waals surface area contributed by atoms with E-state index in [1.165, 1.54) is 13.4 Å². The van der Waals surface area contributed by atoms with Crippen LogP contribution in [-0.4, -0.2) is 32.6 Å². The maximum absolute atomic E-state index is 11.6. The molecule has 2 aromatic heterocycles. The van der Waals surface area contributed by atoms with Crippen LogP contribution in [0.3, 0.4) is 0 Å². The molecule has 0 aromatic carbocycles. The fourth-order valence-electron chi connectivity index (χ4n) is 2.41. The number of imidazole rings is 1. The number of ether oxygens (including phenoxy) is 1. The van der Waals surface area contributed by atoms with E-state index in [1.807, 2.05) is 16.7 Å². The summed E-state index contributed by atoms with van der Waals surface area (Å²) in [6, 6.07) is -0.0482. The molecule has 1 aliphatic carbocycles. The highest BCUT2D eigenvalue weighted by atomic mass is 16.5. The third kappa shape index (κ3) is 2.19. The average molecular weight is 285 g/mol. The van der Waals surface area contributed by atoms with Crippen LogP contribution in [0.5, 0.6) is 0 Å². The van der Waals surface area contributed by atoms with Crippen LogP contribution in [0, 0.1) is 5.92 Å². The summed E-state index contributed by atoms with van der Waals surface area (Å²) in [6.07, 6.45) is 7.24. The normalized spacial score (nSPS) is 20.4. The number of fused-ring (bicyclic) bond motifs is 1. The summed E-state index contributed by atoms with van der Waals surface area (Å²) in [5.41, 5.74) is 9.52. The number of carbonyl (C=O) groups excluding carboxylic acids is 1. The Balaban J connectivity index is 1.96. The average Bonchev–Trinajstić information content (AvgIpc) is 3.13. The van der Waals surface area contributed by atoms with E-state index >= 15 is 0 Å². The fraction of sp³-hybridized carbons (Fsp3) is 0.333. The number of nitrogens with zero attached hydrogens (tertiary/aromatic N) is 7. The van der Waals surface area contributed by atoms with Crippen LogP contribution in [0.25, 0.3) is 21.6 Å². The van der Waals surface area contributed by atoms with Gasteiger partial charge in [-0.15, -0.1) is 0 Å². The monoisotopic (exact) mass is 285 g/mol. The summed E-state index contributed by atoms with van der Waals surface area (Å²) in [6.45, 7) is 0. The Kier molecular flexibility index (Phi) is 3.25. The van der Waals surface area contributed by atoms with Crippen LogP contribution in [0.4, 0.5) is 5.82 Å². The lowest BCUT2D eigenvalue weighted by Crippen LogP contribution is -2.14. The standard InChI is InChI=1S/C12H11N7O2/c1-21-12(20)7-2-3-8(4-7)19-6-16-9-10(17-18-13)14-5-15-11(9)19/h2-3,5-8H,4H2,1H3. The van der Waals surface area contributed by atoms with E-state index in [9.17, 15) is 4.79 Å². The SMILES string of the molecule is COC(=O)C1C=CC(n2cnc3c(N=[N+]=[N-])ncnc32)C1. The van der Waals surface area contributed by atoms with Crippen LogP contribution >= 0.6 is 0 Å². The molecule has 0 N–H and O–H groups in total. The van der Waals surface area contributed by atoms with Crippen molar-refractivity contribution in [2.24, 2.45) is 11.0 Å². The highest BCUT2D eigenvalue weighted by Gasteiger charge is 2.27. The topological polar surface area (TPSA) is 119 Å². The van der Waals surface area contributed by atoms with Gasteiger partial charge in [0.1, 0.15) is 11.8 Å². The first kappa shape index (κ1) is 13.1. The van der Waals surface area contributed by atoms with E-state index in [1.54, 1.807) is 6.33 Å². The molecule has 0 saturated carbocycles. The van der Waals surface area contributed by atoms with Crippen LogP contribution in [0.2, 0.25) is 0 Å². The number of esters is 1. The Morgan fingerprint density at radius 2 is 2.33 bits per heavy atom. The molecule has 2 heterocycles. The van der Waals surface area contributed by atoms with E-state index in [2.05, 4.69) is 25.0 Å². The molecular formula is C12H11N7O2. The zero-order valence-corrected chi connectivity index (χ0v) is 11.1. The molecule has 9 nitrogen and oxygen atoms in total. The molecule has 0 bridgehead atoms. The van der Waals surface area contributed by atoms with Gasteiger partial charge in [-0.05, 0) is 17.1 Å². The summed E-state index contributed by atoms with van der Waals surface area (Å²) in [7, 11) is 1.37. The lowest BCUT2D eigenvalue weighted by atomic mass is 10.1.